The van der Waals surface area contributed by atoms with Crippen LogP contribution in [0.25, 0.3) is 0 Å². The van der Waals surface area contributed by atoms with Gasteiger partial charge in [0, 0.05) is 22.5 Å². The van der Waals surface area contributed by atoms with Crippen LogP contribution in [0.1, 0.15) is 13.3 Å². The van der Waals surface area contributed by atoms with Crippen molar-refractivity contribution in [3.63, 3.8) is 0 Å². The second-order valence-corrected chi connectivity index (χ2v) is 9.72. The van der Waals surface area contributed by atoms with Gasteiger partial charge in [-0.3, -0.25) is 9.10 Å². The minimum atomic E-state index is -3.62. The lowest BCUT2D eigenvalue weighted by Gasteiger charge is -2.22. The van der Waals surface area contributed by atoms with E-state index in [1.54, 1.807) is 36.0 Å². The summed E-state index contributed by atoms with van der Waals surface area (Å²) in [7, 11) is -3.62. The largest absolute Gasteiger partial charge is 0.494 e. The summed E-state index contributed by atoms with van der Waals surface area (Å²) >= 11 is 7.53. The molecule has 0 aromatic heterocycles. The maximum absolute atomic E-state index is 12.3. The van der Waals surface area contributed by atoms with Gasteiger partial charge in [-0.1, -0.05) is 17.7 Å². The van der Waals surface area contributed by atoms with Crippen molar-refractivity contribution >= 4 is 45.0 Å². The fourth-order valence-corrected chi connectivity index (χ4v) is 4.33. The first-order chi connectivity index (χ1) is 13.8. The van der Waals surface area contributed by atoms with Gasteiger partial charge in [0.05, 0.1) is 18.6 Å². The number of sulfonamides is 1. The van der Waals surface area contributed by atoms with Crippen LogP contribution in [0, 0.1) is 0 Å². The maximum atomic E-state index is 12.3. The van der Waals surface area contributed by atoms with E-state index in [4.69, 9.17) is 16.3 Å². The number of rotatable bonds is 11. The molecular weight excluding hydrogens is 432 g/mol. The standard InChI is InChI=1S/C20H25ClN2O4S2/c1-3-27-18-7-4-6-17(14-18)23(29(2,25)26)15-20(24)22-12-5-13-28-19-10-8-16(21)9-11-19/h4,6-11,14H,3,5,12-13,15H2,1-2H3,(H,22,24). The molecule has 6 nitrogen and oxygen atoms in total. The fraction of sp³-hybridized carbons (Fsp3) is 0.350. The van der Waals surface area contributed by atoms with Crippen molar-refractivity contribution in [1.82, 2.24) is 5.32 Å². The van der Waals surface area contributed by atoms with Crippen LogP contribution in [0.15, 0.2) is 53.4 Å². The van der Waals surface area contributed by atoms with Crippen LogP contribution < -0.4 is 14.4 Å². The number of hydrogen-bond acceptors (Lipinski definition) is 5. The van der Waals surface area contributed by atoms with E-state index < -0.39 is 10.0 Å². The number of nitrogens with zero attached hydrogens (tertiary/aromatic N) is 1. The van der Waals surface area contributed by atoms with E-state index in [9.17, 15) is 13.2 Å². The molecule has 1 amide bonds. The topological polar surface area (TPSA) is 75.7 Å². The number of halogens is 1. The van der Waals surface area contributed by atoms with Crippen molar-refractivity contribution in [1.29, 1.82) is 0 Å². The molecule has 9 heteroatoms. The first-order valence-electron chi connectivity index (χ1n) is 9.15. The SMILES string of the molecule is CCOc1cccc(N(CC(=O)NCCCSc2ccc(Cl)cc2)S(C)(=O)=O)c1. The van der Waals surface area contributed by atoms with Gasteiger partial charge in [-0.2, -0.15) is 0 Å². The number of anilines is 1. The Morgan fingerprint density at radius 1 is 1.21 bits per heavy atom. The summed E-state index contributed by atoms with van der Waals surface area (Å²) in [6.07, 6.45) is 1.84. The van der Waals surface area contributed by atoms with Crippen LogP contribution in [0.5, 0.6) is 5.75 Å². The Bertz CT molecular complexity index is 905. The number of ether oxygens (including phenoxy) is 1. The average molecular weight is 457 g/mol. The zero-order chi connectivity index (χ0) is 21.3. The Morgan fingerprint density at radius 3 is 2.59 bits per heavy atom. The summed E-state index contributed by atoms with van der Waals surface area (Å²) in [6.45, 7) is 2.51. The summed E-state index contributed by atoms with van der Waals surface area (Å²) in [5.74, 6) is 1.03. The molecule has 0 spiro atoms. The van der Waals surface area contributed by atoms with Gasteiger partial charge in [0.2, 0.25) is 15.9 Å². The lowest BCUT2D eigenvalue weighted by atomic mass is 10.3. The van der Waals surface area contributed by atoms with E-state index in [2.05, 4.69) is 5.32 Å². The Morgan fingerprint density at radius 2 is 1.93 bits per heavy atom. The van der Waals surface area contributed by atoms with E-state index in [1.165, 1.54) is 0 Å². The highest BCUT2D eigenvalue weighted by molar-refractivity contribution is 7.99. The molecule has 2 rings (SSSR count). The fourth-order valence-electron chi connectivity index (χ4n) is 2.50. The molecule has 0 unspecified atom stereocenters. The molecule has 1 N–H and O–H groups in total. The highest BCUT2D eigenvalue weighted by Gasteiger charge is 2.21. The van der Waals surface area contributed by atoms with Gasteiger partial charge in [-0.15, -0.1) is 11.8 Å². The molecule has 29 heavy (non-hydrogen) atoms. The van der Waals surface area contributed by atoms with Crippen LogP contribution >= 0.6 is 23.4 Å². The van der Waals surface area contributed by atoms with Gasteiger partial charge in [0.15, 0.2) is 0 Å². The molecule has 2 aromatic carbocycles. The number of nitrogens with one attached hydrogen (secondary N) is 1. The smallest absolute Gasteiger partial charge is 0.240 e. The predicted octanol–water partition coefficient (Wildman–Crippen LogP) is 3.80. The Kier molecular flexibility index (Phi) is 9.13. The van der Waals surface area contributed by atoms with E-state index in [0.29, 0.717) is 29.6 Å². The third kappa shape index (κ3) is 8.16. The lowest BCUT2D eigenvalue weighted by molar-refractivity contribution is -0.119. The monoisotopic (exact) mass is 456 g/mol. The van der Waals surface area contributed by atoms with Crippen LogP contribution in [0.4, 0.5) is 5.69 Å². The number of hydrogen-bond donors (Lipinski definition) is 1. The van der Waals surface area contributed by atoms with Crippen LogP contribution in [0.3, 0.4) is 0 Å². The molecule has 0 aliphatic heterocycles. The first kappa shape index (κ1) is 23.4. The molecule has 0 fully saturated rings. The Labute approximate surface area is 181 Å². The summed E-state index contributed by atoms with van der Waals surface area (Å²) in [4.78, 5) is 13.4. The van der Waals surface area contributed by atoms with Crippen molar-refractivity contribution in [2.75, 3.05) is 36.0 Å². The van der Waals surface area contributed by atoms with Crippen molar-refractivity contribution in [3.05, 3.63) is 53.6 Å². The molecule has 0 aliphatic carbocycles. The summed E-state index contributed by atoms with van der Waals surface area (Å²) in [5, 5.41) is 3.48. The second-order valence-electron chi connectivity index (χ2n) is 6.21. The summed E-state index contributed by atoms with van der Waals surface area (Å²) < 4.78 is 30.9. The van der Waals surface area contributed by atoms with E-state index >= 15 is 0 Å². The third-order valence-electron chi connectivity index (χ3n) is 3.83. The number of thioether (sulfide) groups is 1. The normalized spacial score (nSPS) is 11.1. The Hall–Kier alpha value is -1.90. The zero-order valence-electron chi connectivity index (χ0n) is 16.4. The van der Waals surface area contributed by atoms with Crippen LogP contribution in [0.2, 0.25) is 5.02 Å². The quantitative estimate of drug-likeness (QED) is 0.411. The van der Waals surface area contributed by atoms with Gasteiger partial charge < -0.3 is 10.1 Å². The van der Waals surface area contributed by atoms with E-state index in [1.807, 2.05) is 31.2 Å². The number of benzene rings is 2. The number of carbonyl (C=O) groups is 1. The van der Waals surface area contributed by atoms with Crippen LogP contribution in [-0.2, 0) is 14.8 Å². The second kappa shape index (κ2) is 11.3. The highest BCUT2D eigenvalue weighted by atomic mass is 35.5. The van der Waals surface area contributed by atoms with Crippen molar-refractivity contribution < 1.29 is 17.9 Å². The van der Waals surface area contributed by atoms with Crippen molar-refractivity contribution in [2.24, 2.45) is 0 Å². The molecule has 0 atom stereocenters. The molecule has 0 saturated carbocycles. The van der Waals surface area contributed by atoms with Gasteiger partial charge >= 0.3 is 0 Å². The maximum Gasteiger partial charge on any atom is 0.240 e. The zero-order valence-corrected chi connectivity index (χ0v) is 18.8. The summed E-state index contributed by atoms with van der Waals surface area (Å²) in [5.41, 5.74) is 0.395. The minimum absolute atomic E-state index is 0.279. The number of carbonyl (C=O) groups excluding carboxylic acids is 1. The number of amides is 1. The summed E-state index contributed by atoms with van der Waals surface area (Å²) in [6, 6.07) is 14.3. The van der Waals surface area contributed by atoms with Crippen molar-refractivity contribution in [2.45, 2.75) is 18.2 Å². The molecule has 0 bridgehead atoms. The van der Waals surface area contributed by atoms with Crippen molar-refractivity contribution in [3.8, 4) is 5.75 Å². The molecule has 0 radical (unpaired) electrons. The highest BCUT2D eigenvalue weighted by Crippen LogP contribution is 2.23. The predicted molar refractivity (Wildman–Crippen MR) is 120 cm³/mol. The van der Waals surface area contributed by atoms with Gasteiger partial charge in [-0.25, -0.2) is 8.42 Å². The van der Waals surface area contributed by atoms with Crippen LogP contribution in [-0.4, -0.2) is 46.0 Å². The minimum Gasteiger partial charge on any atom is -0.494 e. The molecule has 0 saturated heterocycles. The van der Waals surface area contributed by atoms with Gasteiger partial charge in [-0.05, 0) is 55.5 Å². The molecule has 158 valence electrons. The Balaban J connectivity index is 1.85. The first-order valence-corrected chi connectivity index (χ1v) is 12.4. The lowest BCUT2D eigenvalue weighted by Crippen LogP contribution is -2.40. The average Bonchev–Trinajstić information content (AvgIpc) is 2.67. The van der Waals surface area contributed by atoms with E-state index in [0.717, 1.165) is 27.6 Å². The third-order valence-corrected chi connectivity index (χ3v) is 6.32. The molecular formula is C20H25ClN2O4S2. The van der Waals surface area contributed by atoms with E-state index in [-0.39, 0.29) is 12.5 Å². The molecule has 2 aromatic rings. The van der Waals surface area contributed by atoms with Gasteiger partial charge in [0.1, 0.15) is 12.3 Å². The molecule has 0 aliphatic rings. The molecule has 0 heterocycles. The van der Waals surface area contributed by atoms with Gasteiger partial charge in [0.25, 0.3) is 0 Å².